The molecule has 3 saturated carbocycles. The fraction of sp³-hybridized carbons (Fsp3) is 0.766. The summed E-state index contributed by atoms with van der Waals surface area (Å²) in [5, 5.41) is 31.6. The van der Waals surface area contributed by atoms with E-state index in [1.165, 1.54) is 330 Å². The van der Waals surface area contributed by atoms with E-state index in [4.69, 9.17) is 0 Å². The zero-order chi connectivity index (χ0) is 57.3. The van der Waals surface area contributed by atoms with Gasteiger partial charge in [0.15, 0.2) is 0 Å². The van der Waals surface area contributed by atoms with Crippen LogP contribution in [0.25, 0.3) is 0 Å². The van der Waals surface area contributed by atoms with Crippen molar-refractivity contribution in [3.05, 3.63) is 87.5 Å². The average Bonchev–Trinajstić information content (AvgIpc) is 3.53. The zero-order valence-electron chi connectivity index (χ0n) is 53.8. The van der Waals surface area contributed by atoms with Gasteiger partial charge >= 0.3 is 0 Å². The van der Waals surface area contributed by atoms with Crippen molar-refractivity contribution < 1.29 is 15.3 Å². The summed E-state index contributed by atoms with van der Waals surface area (Å²) < 4.78 is 0. The Morgan fingerprint density at radius 2 is 0.662 bits per heavy atom. The molecule has 3 aliphatic rings. The number of phenolic OH excluding ortho intramolecular Hbond substituents is 3. The second-order valence-electron chi connectivity index (χ2n) is 27.4. The van der Waals surface area contributed by atoms with E-state index in [9.17, 15) is 15.3 Å². The summed E-state index contributed by atoms with van der Waals surface area (Å²) in [6, 6.07) is 16.8. The van der Waals surface area contributed by atoms with Gasteiger partial charge in [-0.3, -0.25) is 0 Å². The number of unbranched alkanes of at least 4 members (excludes halogenated alkanes) is 30. The number of para-hydroxylation sites is 1. The molecular weight excluding hydrogens is 973 g/mol. The predicted octanol–water partition coefficient (Wildman–Crippen LogP) is 25.5. The smallest absolute Gasteiger partial charge is 0.122 e. The Morgan fingerprint density at radius 3 is 0.963 bits per heavy atom. The molecule has 0 heterocycles. The lowest BCUT2D eigenvalue weighted by molar-refractivity contribution is 0.390. The van der Waals surface area contributed by atoms with E-state index in [-0.39, 0.29) is 5.41 Å². The highest BCUT2D eigenvalue weighted by Gasteiger charge is 2.28. The first-order chi connectivity index (χ1) is 39.0. The Kier molecular flexibility index (Phi) is 38.0. The topological polar surface area (TPSA) is 60.7 Å². The highest BCUT2D eigenvalue weighted by molar-refractivity contribution is 5.49. The lowest BCUT2D eigenvalue weighted by Gasteiger charge is -2.30. The lowest BCUT2D eigenvalue weighted by atomic mass is 9.75. The monoisotopic (exact) mass is 1100 g/mol. The van der Waals surface area contributed by atoms with E-state index in [1.807, 2.05) is 18.2 Å². The number of benzene rings is 3. The minimum atomic E-state index is 0.0331. The quantitative estimate of drug-likeness (QED) is 0.0504. The number of hydrogen-bond donors (Lipinski definition) is 3. The Labute approximate surface area is 496 Å². The maximum Gasteiger partial charge on any atom is 0.122 e. The first kappa shape index (κ1) is 69.6. The molecular formula is C77H130O3. The fourth-order valence-corrected chi connectivity index (χ4v) is 14.0. The minimum absolute atomic E-state index is 0.0331. The summed E-state index contributed by atoms with van der Waals surface area (Å²) in [7, 11) is 0. The molecule has 3 aliphatic carbocycles. The Hall–Kier alpha value is -2.94. The molecule has 0 radical (unpaired) electrons. The van der Waals surface area contributed by atoms with E-state index in [1.54, 1.807) is 11.6 Å². The first-order valence-corrected chi connectivity index (χ1v) is 35.5. The number of phenols is 3. The second kappa shape index (κ2) is 43.7. The van der Waals surface area contributed by atoms with Crippen LogP contribution < -0.4 is 0 Å². The van der Waals surface area contributed by atoms with Crippen molar-refractivity contribution in [2.45, 2.75) is 379 Å². The van der Waals surface area contributed by atoms with E-state index in [0.717, 1.165) is 24.3 Å². The maximum absolute atomic E-state index is 11.2. The highest BCUT2D eigenvalue weighted by atomic mass is 16.3. The molecule has 3 aromatic carbocycles. The Bertz CT molecular complexity index is 1860. The molecule has 3 nitrogen and oxygen atoms in total. The van der Waals surface area contributed by atoms with Crippen LogP contribution in [0.5, 0.6) is 17.2 Å². The van der Waals surface area contributed by atoms with Gasteiger partial charge in [0, 0.05) is 0 Å². The van der Waals surface area contributed by atoms with E-state index in [0.29, 0.717) is 29.1 Å². The van der Waals surface area contributed by atoms with Crippen LogP contribution in [-0.4, -0.2) is 15.3 Å². The van der Waals surface area contributed by atoms with Gasteiger partial charge in [-0.2, -0.15) is 0 Å². The highest BCUT2D eigenvalue weighted by Crippen LogP contribution is 2.47. The van der Waals surface area contributed by atoms with Gasteiger partial charge in [0.05, 0.1) is 0 Å². The van der Waals surface area contributed by atoms with Gasteiger partial charge in [-0.15, -0.1) is 0 Å². The van der Waals surface area contributed by atoms with Crippen molar-refractivity contribution in [3.8, 4) is 17.2 Å². The number of aromatic hydroxyl groups is 3. The van der Waals surface area contributed by atoms with Crippen LogP contribution in [0.3, 0.4) is 0 Å². The van der Waals surface area contributed by atoms with E-state index < -0.39 is 0 Å². The molecule has 456 valence electrons. The van der Waals surface area contributed by atoms with Crippen molar-refractivity contribution in [1.29, 1.82) is 0 Å². The number of hydrogen-bond acceptors (Lipinski definition) is 3. The SMILES string of the molecule is CC(C)(C)c1ccccc1O.CCCCCCCCCCCCCCCCCCc1cc(C)cc(CCCCCCCCCCCCCCCCCC)c1O.Oc1c(C2CCCCC2)cc(C2CCCCC2)cc1C1CCCCC1. The zero-order valence-corrected chi connectivity index (χ0v) is 53.8. The van der Waals surface area contributed by atoms with Gasteiger partial charge in [-0.05, 0) is 134 Å². The molecule has 0 aromatic heterocycles. The third kappa shape index (κ3) is 29.5. The van der Waals surface area contributed by atoms with Crippen LogP contribution in [0.2, 0.25) is 0 Å². The molecule has 3 aromatic rings. The van der Waals surface area contributed by atoms with Crippen LogP contribution in [0.15, 0.2) is 48.5 Å². The van der Waals surface area contributed by atoms with Gasteiger partial charge in [-0.1, -0.05) is 333 Å². The van der Waals surface area contributed by atoms with Gasteiger partial charge in [-0.25, -0.2) is 0 Å². The lowest BCUT2D eigenvalue weighted by Crippen LogP contribution is -2.12. The van der Waals surface area contributed by atoms with Crippen molar-refractivity contribution >= 4 is 0 Å². The molecule has 0 unspecified atom stereocenters. The minimum Gasteiger partial charge on any atom is -0.508 e. The molecule has 0 spiro atoms. The van der Waals surface area contributed by atoms with Gasteiger partial charge in [0.2, 0.25) is 0 Å². The summed E-state index contributed by atoms with van der Waals surface area (Å²) in [5.74, 6) is 3.66. The van der Waals surface area contributed by atoms with Crippen molar-refractivity contribution in [3.63, 3.8) is 0 Å². The van der Waals surface area contributed by atoms with Crippen LogP contribution in [-0.2, 0) is 18.3 Å². The molecule has 3 heteroatoms. The molecule has 3 N–H and O–H groups in total. The third-order valence-corrected chi connectivity index (χ3v) is 19.1. The molecule has 0 bridgehead atoms. The average molecular weight is 1100 g/mol. The third-order valence-electron chi connectivity index (χ3n) is 19.1. The first-order valence-electron chi connectivity index (χ1n) is 35.5. The summed E-state index contributed by atoms with van der Waals surface area (Å²) in [5.41, 5.74) is 8.96. The molecule has 0 amide bonds. The molecule has 6 rings (SSSR count). The largest absolute Gasteiger partial charge is 0.508 e. The number of aryl methyl sites for hydroxylation is 3. The summed E-state index contributed by atoms with van der Waals surface area (Å²) in [4.78, 5) is 0. The fourth-order valence-electron chi connectivity index (χ4n) is 14.0. The summed E-state index contributed by atoms with van der Waals surface area (Å²) in [6.45, 7) is 13.1. The van der Waals surface area contributed by atoms with Crippen molar-refractivity contribution in [2.75, 3.05) is 0 Å². The molecule has 0 atom stereocenters. The van der Waals surface area contributed by atoms with Crippen molar-refractivity contribution in [1.82, 2.24) is 0 Å². The number of rotatable bonds is 37. The molecule has 0 aliphatic heterocycles. The predicted molar refractivity (Wildman–Crippen MR) is 352 cm³/mol. The Morgan fingerprint density at radius 1 is 0.362 bits per heavy atom. The van der Waals surface area contributed by atoms with Crippen LogP contribution in [0, 0.1) is 6.92 Å². The summed E-state index contributed by atoms with van der Waals surface area (Å²) >= 11 is 0. The maximum atomic E-state index is 11.2. The van der Waals surface area contributed by atoms with E-state index >= 15 is 0 Å². The Balaban J connectivity index is 0.000000314. The molecule has 80 heavy (non-hydrogen) atoms. The van der Waals surface area contributed by atoms with E-state index in [2.05, 4.69) is 65.8 Å². The van der Waals surface area contributed by atoms with Gasteiger partial charge < -0.3 is 15.3 Å². The molecule has 0 saturated heterocycles. The summed E-state index contributed by atoms with van der Waals surface area (Å²) in [6.07, 6.45) is 67.3. The van der Waals surface area contributed by atoms with Gasteiger partial charge in [0.25, 0.3) is 0 Å². The molecule has 3 fully saturated rings. The van der Waals surface area contributed by atoms with Crippen molar-refractivity contribution in [2.24, 2.45) is 0 Å². The normalized spacial score (nSPS) is 15.6. The van der Waals surface area contributed by atoms with Crippen LogP contribution in [0.1, 0.15) is 393 Å². The standard InChI is InChI=1S/C43H80O.C24H36O.C10H14O/c1-4-6-8-10-12-14-16-18-20-22-24-26-28-30-32-34-36-41-38-40(3)39-42(43(41)44)37-35-33-31-29-27-25-23-21-19-17-15-13-11-9-7-5-2;25-24-22(19-12-6-2-7-13-19)16-21(18-10-4-1-5-11-18)17-23(24)20-14-8-3-9-15-20;1-10(2,3)8-6-4-5-7-9(8)11/h38-39,44H,4-37H2,1-3H3;16-20,25H,1-15H2;4-7,11H,1-3H3. The van der Waals surface area contributed by atoms with Gasteiger partial charge in [0.1, 0.15) is 17.2 Å². The van der Waals surface area contributed by atoms with Crippen LogP contribution >= 0.6 is 0 Å². The second-order valence-corrected chi connectivity index (χ2v) is 27.4. The van der Waals surface area contributed by atoms with Crippen LogP contribution in [0.4, 0.5) is 0 Å².